The number of aromatic carboxylic acids is 1. The lowest BCUT2D eigenvalue weighted by molar-refractivity contribution is -0.142. The minimum atomic E-state index is -5.74. The van der Waals surface area contributed by atoms with E-state index in [9.17, 15) is 57.5 Å². The topological polar surface area (TPSA) is 322 Å². The summed E-state index contributed by atoms with van der Waals surface area (Å²) >= 11 is 0. The SMILES string of the molecule is CCc1ncc2cc(-c3cc(N)ccc3C)c(C)nc2n1.CCc1ncc2cc(-c3cc(NC(=O)c4ccnc(C(F)(F)F)c4)ccc3C)c(C)nc2n1.CCc1ncc2cc(OS(=O)(=O)C(F)(F)F)c(C)nc2n1.Cc1ccc(N)cc1B1OC(C)(C)C(C)(C)O1.O=C(O)c1ccnc(C(F)(F)F)c1. The Morgan fingerprint density at radius 2 is 0.924 bits per heavy atom. The molecule has 0 radical (unpaired) electrons. The Balaban J connectivity index is 0.000000172. The van der Waals surface area contributed by atoms with Gasteiger partial charge in [0.2, 0.25) is 0 Å². The zero-order valence-electron chi connectivity index (χ0n) is 59.0. The molecular formula is C72H72BF9N14O8S. The molecule has 33 heteroatoms. The second-order valence-corrected chi connectivity index (χ2v) is 26.4. The number of halogens is 9. The molecule has 550 valence electrons. The summed E-state index contributed by atoms with van der Waals surface area (Å²) in [4.78, 5) is 68.1. The first-order valence-corrected chi connectivity index (χ1v) is 33.6. The maximum Gasteiger partial charge on any atom is 0.534 e. The van der Waals surface area contributed by atoms with Crippen LogP contribution in [0, 0.1) is 41.5 Å². The van der Waals surface area contributed by atoms with Crippen molar-refractivity contribution in [3.63, 3.8) is 0 Å². The van der Waals surface area contributed by atoms with Crippen LogP contribution in [0.1, 0.15) is 132 Å². The van der Waals surface area contributed by atoms with Crippen LogP contribution in [-0.4, -0.2) is 104 Å². The molecular weight excluding hydrogens is 1400 g/mol. The van der Waals surface area contributed by atoms with Crippen LogP contribution in [0.4, 0.5) is 56.6 Å². The van der Waals surface area contributed by atoms with Crippen molar-refractivity contribution in [2.24, 2.45) is 0 Å². The smallest absolute Gasteiger partial charge is 0.478 e. The number of alkyl halides is 9. The number of nitrogen functional groups attached to an aromatic ring is 2. The maximum atomic E-state index is 12.9. The average Bonchev–Trinajstić information content (AvgIpc) is 1.62. The van der Waals surface area contributed by atoms with E-state index in [-0.39, 0.29) is 40.6 Å². The highest BCUT2D eigenvalue weighted by atomic mass is 32.2. The molecule has 6 N–H and O–H groups in total. The second kappa shape index (κ2) is 32.0. The largest absolute Gasteiger partial charge is 0.534 e. The first-order valence-electron chi connectivity index (χ1n) is 32.2. The van der Waals surface area contributed by atoms with Crippen LogP contribution < -0.4 is 26.4 Å². The first kappa shape index (κ1) is 79.8. The molecule has 105 heavy (non-hydrogen) atoms. The van der Waals surface area contributed by atoms with E-state index in [1.54, 1.807) is 18.3 Å². The lowest BCUT2D eigenvalue weighted by Crippen LogP contribution is -2.41. The molecule has 0 spiro atoms. The number of benzene rings is 3. The van der Waals surface area contributed by atoms with Gasteiger partial charge in [-0.1, -0.05) is 44.5 Å². The van der Waals surface area contributed by atoms with Crippen molar-refractivity contribution in [2.75, 3.05) is 16.8 Å². The standard InChI is InChI=1S/C24H20F3N5O.C17H18N4.C13H20BNO2.C11H10F3N3O3S.C7H4F3NO2/c1-4-21-29-12-16-9-19(14(3)30-22(16)32-21)18-11-17(6-5-13(18)2)31-23(33)15-7-8-28-20(10-15)24(25,26)27;1-4-16-19-9-12-7-15(11(3)20-17(12)21-16)14-8-13(18)6-5-10(14)2;1-9-6-7-10(15)8-11(9)14-16-12(2,3)13(4,5)17-14;1-3-9-15-5-7-4-8(6(2)16-10(7)17-9)20-21(18,19)11(12,13)14;8-7(9,10)5-3-4(6(12)13)1-2-11-5/h5-12H,4H2,1-3H3,(H,31,33);5-9H,4,18H2,1-3H3;6-8H,15H2,1-5H3;4-5H,3H2,1-2H3;1-3H,(H,12,13). The minimum absolute atomic E-state index is 0.0175. The fourth-order valence-corrected chi connectivity index (χ4v) is 10.5. The summed E-state index contributed by atoms with van der Waals surface area (Å²) in [5.74, 6) is -0.520. The van der Waals surface area contributed by atoms with Gasteiger partial charge >= 0.3 is 41.1 Å². The molecule has 22 nitrogen and oxygen atoms in total. The molecule has 0 atom stereocenters. The highest BCUT2D eigenvalue weighted by molar-refractivity contribution is 7.88. The number of fused-ring (bicyclic) bond motifs is 3. The van der Waals surface area contributed by atoms with Crippen LogP contribution in [0.2, 0.25) is 0 Å². The maximum absolute atomic E-state index is 12.9. The Labute approximate surface area is 598 Å². The van der Waals surface area contributed by atoms with Crippen molar-refractivity contribution in [1.82, 2.24) is 54.8 Å². The highest BCUT2D eigenvalue weighted by Gasteiger charge is 2.52. The number of pyridine rings is 5. The van der Waals surface area contributed by atoms with Crippen LogP contribution in [0.25, 0.3) is 55.4 Å². The van der Waals surface area contributed by atoms with Gasteiger partial charge in [-0.15, -0.1) is 0 Å². The molecule has 11 aromatic rings. The Bertz CT molecular complexity index is 5170. The lowest BCUT2D eigenvalue weighted by atomic mass is 9.76. The predicted molar refractivity (Wildman–Crippen MR) is 379 cm³/mol. The summed E-state index contributed by atoms with van der Waals surface area (Å²) in [6.45, 7) is 25.3. The van der Waals surface area contributed by atoms with E-state index >= 15 is 0 Å². The monoisotopic (exact) mass is 1470 g/mol. The molecule has 1 amide bonds. The van der Waals surface area contributed by atoms with Gasteiger partial charge in [0.1, 0.15) is 28.9 Å². The number of carboxylic acids is 1. The molecule has 0 bridgehead atoms. The molecule has 12 rings (SSSR count). The normalized spacial score (nSPS) is 13.3. The number of hydrogen-bond acceptors (Lipinski definition) is 20. The number of hydrogen-bond donors (Lipinski definition) is 4. The quantitative estimate of drug-likeness (QED) is 0.0307. The number of nitrogens with two attached hydrogens (primary N) is 2. The third kappa shape index (κ3) is 19.7. The number of carbonyl (C=O) groups excluding carboxylic acids is 1. The van der Waals surface area contributed by atoms with Gasteiger partial charge in [0, 0.05) is 112 Å². The number of amides is 1. The van der Waals surface area contributed by atoms with Crippen LogP contribution in [0.5, 0.6) is 5.75 Å². The van der Waals surface area contributed by atoms with Gasteiger partial charge in [-0.05, 0) is 176 Å². The van der Waals surface area contributed by atoms with Gasteiger partial charge in [-0.3, -0.25) is 14.8 Å². The average molecular weight is 1480 g/mol. The van der Waals surface area contributed by atoms with E-state index in [2.05, 4.69) is 105 Å². The molecule has 0 unspecified atom stereocenters. The van der Waals surface area contributed by atoms with Gasteiger partial charge in [0.25, 0.3) is 5.91 Å². The third-order valence-corrected chi connectivity index (χ3v) is 17.5. The van der Waals surface area contributed by atoms with Gasteiger partial charge in [-0.25, -0.2) is 49.7 Å². The molecule has 1 saturated heterocycles. The van der Waals surface area contributed by atoms with Crippen molar-refractivity contribution < 1.29 is 76.1 Å². The van der Waals surface area contributed by atoms with Gasteiger partial charge in [-0.2, -0.15) is 47.9 Å². The van der Waals surface area contributed by atoms with E-state index < -0.39 is 62.6 Å². The van der Waals surface area contributed by atoms with Gasteiger partial charge in [0.05, 0.1) is 22.5 Å². The molecule has 1 aliphatic heterocycles. The van der Waals surface area contributed by atoms with Crippen molar-refractivity contribution in [3.8, 4) is 28.0 Å². The fraction of sp³-hybridized carbons (Fsp3) is 0.292. The number of nitrogens with zero attached hydrogens (tertiary/aromatic N) is 11. The zero-order chi connectivity index (χ0) is 77.5. The number of aryl methyl sites for hydroxylation is 9. The Morgan fingerprint density at radius 1 is 0.514 bits per heavy atom. The molecule has 8 aromatic heterocycles. The summed E-state index contributed by atoms with van der Waals surface area (Å²) in [6.07, 6.45) is -0.438. The van der Waals surface area contributed by atoms with E-state index in [1.807, 2.05) is 103 Å². The Hall–Kier alpha value is -10.9. The molecule has 1 fully saturated rings. The van der Waals surface area contributed by atoms with Crippen molar-refractivity contribution in [1.29, 1.82) is 0 Å². The summed E-state index contributed by atoms with van der Waals surface area (Å²) in [5, 5.41) is 13.1. The van der Waals surface area contributed by atoms with E-state index in [4.69, 9.17) is 25.9 Å². The third-order valence-electron chi connectivity index (χ3n) is 16.6. The molecule has 0 saturated carbocycles. The van der Waals surface area contributed by atoms with E-state index in [1.165, 1.54) is 24.8 Å². The Morgan fingerprint density at radius 3 is 1.37 bits per heavy atom. The lowest BCUT2D eigenvalue weighted by Gasteiger charge is -2.32. The minimum Gasteiger partial charge on any atom is -0.478 e. The second-order valence-electron chi connectivity index (χ2n) is 24.9. The summed E-state index contributed by atoms with van der Waals surface area (Å²) < 4.78 is 150. The first-order chi connectivity index (χ1) is 49.0. The van der Waals surface area contributed by atoms with Crippen LogP contribution in [-0.2, 0) is 51.0 Å². The number of rotatable bonds is 11. The molecule has 9 heterocycles. The number of aromatic nitrogens is 11. The zero-order valence-corrected chi connectivity index (χ0v) is 59.8. The van der Waals surface area contributed by atoms with Gasteiger partial charge < -0.3 is 35.4 Å². The fourth-order valence-electron chi connectivity index (χ4n) is 10.0. The molecule has 3 aromatic carbocycles. The summed E-state index contributed by atoms with van der Waals surface area (Å²) in [5.41, 5.74) is 16.2. The van der Waals surface area contributed by atoms with Crippen molar-refractivity contribution in [2.45, 2.75) is 138 Å². The van der Waals surface area contributed by atoms with Crippen LogP contribution in [0.3, 0.4) is 0 Å². The molecule has 0 aliphatic carbocycles. The van der Waals surface area contributed by atoms with Crippen LogP contribution >= 0.6 is 0 Å². The molecule has 1 aliphatic rings. The van der Waals surface area contributed by atoms with Crippen LogP contribution in [0.15, 0.2) is 128 Å². The number of nitrogens with one attached hydrogen (secondary N) is 1. The van der Waals surface area contributed by atoms with E-state index in [0.717, 1.165) is 121 Å². The number of carbonyl (C=O) groups is 2. The summed E-state index contributed by atoms with van der Waals surface area (Å²) in [6, 6.07) is 25.7. The predicted octanol–water partition coefficient (Wildman–Crippen LogP) is 14.8. The van der Waals surface area contributed by atoms with Crippen molar-refractivity contribution >= 4 is 84.7 Å². The number of carboxylic acid groups (broad SMARTS) is 1. The summed E-state index contributed by atoms with van der Waals surface area (Å²) in [7, 11) is -6.07. The highest BCUT2D eigenvalue weighted by Crippen LogP contribution is 2.38. The number of anilines is 3. The van der Waals surface area contributed by atoms with E-state index in [0.29, 0.717) is 41.9 Å². The van der Waals surface area contributed by atoms with Gasteiger partial charge in [0.15, 0.2) is 22.7 Å². The van der Waals surface area contributed by atoms with Crippen molar-refractivity contribution in [3.05, 3.63) is 202 Å². The Kier molecular flexibility index (Phi) is 24.3.